The van der Waals surface area contributed by atoms with Crippen molar-refractivity contribution in [1.82, 2.24) is 24.7 Å². The summed E-state index contributed by atoms with van der Waals surface area (Å²) < 4.78 is 8.10. The molecule has 0 radical (unpaired) electrons. The van der Waals surface area contributed by atoms with E-state index in [0.717, 1.165) is 43.4 Å². The van der Waals surface area contributed by atoms with Gasteiger partial charge in [0.05, 0.1) is 0 Å². The normalized spacial score (nSPS) is 25.8. The quantitative estimate of drug-likeness (QED) is 0.568. The number of hydrogen-bond donors (Lipinski definition) is 1. The highest BCUT2D eigenvalue weighted by Gasteiger charge is 2.43. The molecule has 2 fully saturated rings. The summed E-state index contributed by atoms with van der Waals surface area (Å²) >= 11 is 12.2. The van der Waals surface area contributed by atoms with Crippen molar-refractivity contribution in [3.05, 3.63) is 52.2 Å². The number of aromatic nitrogens is 5. The van der Waals surface area contributed by atoms with Gasteiger partial charge in [-0.1, -0.05) is 23.2 Å². The van der Waals surface area contributed by atoms with E-state index < -0.39 is 0 Å². The molecule has 1 aromatic carbocycles. The summed E-state index contributed by atoms with van der Waals surface area (Å²) in [5.41, 5.74) is 1.00. The van der Waals surface area contributed by atoms with Gasteiger partial charge in [0.1, 0.15) is 17.9 Å². The van der Waals surface area contributed by atoms with E-state index in [-0.39, 0.29) is 6.10 Å². The van der Waals surface area contributed by atoms with Gasteiger partial charge >= 0.3 is 0 Å². The summed E-state index contributed by atoms with van der Waals surface area (Å²) in [6.45, 7) is 4.76. The van der Waals surface area contributed by atoms with Gasteiger partial charge in [-0.3, -0.25) is 0 Å². The number of rotatable bonds is 5. The van der Waals surface area contributed by atoms with Crippen molar-refractivity contribution in [3.63, 3.8) is 0 Å². The number of ether oxygens (including phenoxy) is 1. The number of piperidine rings is 1. The zero-order valence-electron chi connectivity index (χ0n) is 18.3. The summed E-state index contributed by atoms with van der Waals surface area (Å²) in [6, 6.07) is 7.69. The summed E-state index contributed by atoms with van der Waals surface area (Å²) in [6.07, 6.45) is 4.72. The molecular formula is C23H25Cl2N7O. The van der Waals surface area contributed by atoms with Gasteiger partial charge in [-0.2, -0.15) is 4.98 Å². The van der Waals surface area contributed by atoms with Crippen molar-refractivity contribution in [3.8, 4) is 5.75 Å². The fourth-order valence-corrected chi connectivity index (χ4v) is 5.97. The predicted molar refractivity (Wildman–Crippen MR) is 127 cm³/mol. The number of hydrogen-bond acceptors (Lipinski definition) is 7. The van der Waals surface area contributed by atoms with Crippen LogP contribution in [-0.4, -0.2) is 43.9 Å². The van der Waals surface area contributed by atoms with E-state index in [1.54, 1.807) is 24.5 Å². The van der Waals surface area contributed by atoms with Crippen molar-refractivity contribution in [1.29, 1.82) is 0 Å². The molecule has 172 valence electrons. The molecule has 1 aliphatic carbocycles. The monoisotopic (exact) mass is 485 g/mol. The Morgan fingerprint density at radius 2 is 1.76 bits per heavy atom. The maximum absolute atomic E-state index is 6.16. The molecule has 1 saturated carbocycles. The Kier molecular flexibility index (Phi) is 5.30. The molecule has 2 bridgehead atoms. The smallest absolute Gasteiger partial charge is 0.242 e. The van der Waals surface area contributed by atoms with Crippen LogP contribution < -0.4 is 15.0 Å². The molecule has 0 spiro atoms. The number of nitrogens with one attached hydrogen (secondary N) is 1. The van der Waals surface area contributed by atoms with Gasteiger partial charge in [0.15, 0.2) is 11.9 Å². The second kappa shape index (κ2) is 8.33. The molecule has 1 saturated heterocycles. The van der Waals surface area contributed by atoms with E-state index in [2.05, 4.69) is 26.3 Å². The topological polar surface area (TPSA) is 81.0 Å². The van der Waals surface area contributed by atoms with Crippen LogP contribution >= 0.6 is 23.2 Å². The molecule has 8 nitrogen and oxygen atoms in total. The van der Waals surface area contributed by atoms with Crippen molar-refractivity contribution >= 4 is 35.0 Å². The molecule has 2 aliphatic heterocycles. The molecule has 0 unspecified atom stereocenters. The van der Waals surface area contributed by atoms with Crippen LogP contribution in [0, 0.1) is 18.8 Å². The first-order valence-electron chi connectivity index (χ1n) is 11.4. The Hall–Kier alpha value is -2.58. The lowest BCUT2D eigenvalue weighted by molar-refractivity contribution is 0.203. The Morgan fingerprint density at radius 1 is 1.00 bits per heavy atom. The van der Waals surface area contributed by atoms with Crippen molar-refractivity contribution in [2.45, 2.75) is 44.9 Å². The number of fused-ring (bicyclic) bond motifs is 3. The number of benzene rings is 1. The third kappa shape index (κ3) is 4.10. The van der Waals surface area contributed by atoms with E-state index in [1.807, 2.05) is 11.6 Å². The summed E-state index contributed by atoms with van der Waals surface area (Å²) in [4.78, 5) is 15.9. The molecule has 2 aromatic heterocycles. The highest BCUT2D eigenvalue weighted by Crippen LogP contribution is 2.40. The average Bonchev–Trinajstić information content (AvgIpc) is 3.39. The molecular weight excluding hydrogens is 461 g/mol. The molecule has 10 heteroatoms. The van der Waals surface area contributed by atoms with Gasteiger partial charge < -0.3 is 15.0 Å². The van der Waals surface area contributed by atoms with Crippen LogP contribution in [0.5, 0.6) is 5.75 Å². The minimum Gasteiger partial charge on any atom is -0.482 e. The van der Waals surface area contributed by atoms with E-state index in [9.17, 15) is 0 Å². The molecule has 33 heavy (non-hydrogen) atoms. The Labute approximate surface area is 202 Å². The van der Waals surface area contributed by atoms with Crippen LogP contribution in [0.15, 0.2) is 30.6 Å². The zero-order valence-corrected chi connectivity index (χ0v) is 19.8. The Bertz CT molecular complexity index is 1150. The van der Waals surface area contributed by atoms with Crippen LogP contribution in [0.1, 0.15) is 36.9 Å². The molecule has 4 atom stereocenters. The highest BCUT2D eigenvalue weighted by molar-refractivity contribution is 6.34. The van der Waals surface area contributed by atoms with Crippen molar-refractivity contribution in [2.24, 2.45) is 11.8 Å². The Balaban J connectivity index is 1.15. The van der Waals surface area contributed by atoms with Crippen LogP contribution in [0.4, 0.5) is 11.8 Å². The number of anilines is 2. The van der Waals surface area contributed by atoms with Gasteiger partial charge in [0, 0.05) is 53.9 Å². The minimum atomic E-state index is -0.165. The van der Waals surface area contributed by atoms with E-state index in [4.69, 9.17) is 38.0 Å². The largest absolute Gasteiger partial charge is 0.482 e. The summed E-state index contributed by atoms with van der Waals surface area (Å²) in [7, 11) is 0. The fourth-order valence-electron chi connectivity index (χ4n) is 5.47. The van der Waals surface area contributed by atoms with Gasteiger partial charge in [0.2, 0.25) is 5.95 Å². The highest BCUT2D eigenvalue weighted by atomic mass is 35.5. The predicted octanol–water partition coefficient (Wildman–Crippen LogP) is 4.53. The number of aryl methyl sites for hydroxylation is 2. The molecule has 6 rings (SSSR count). The molecule has 3 aromatic rings. The lowest BCUT2D eigenvalue weighted by Crippen LogP contribution is -2.48. The SMILES string of the molecule is Cc1cc(N2C[C@H]3CC[C@@H](C2)[C@@H]3Nc2nc3n(n2)CC[C@@H]3Oc2cc(Cl)cc(Cl)c2)ncn1. The van der Waals surface area contributed by atoms with Gasteiger partial charge in [0.25, 0.3) is 0 Å². The number of nitrogens with zero attached hydrogens (tertiary/aromatic N) is 6. The van der Waals surface area contributed by atoms with Crippen molar-refractivity contribution in [2.75, 3.05) is 23.3 Å². The van der Waals surface area contributed by atoms with Gasteiger partial charge in [-0.25, -0.2) is 14.6 Å². The first kappa shape index (κ1) is 21.0. The second-order valence-electron chi connectivity index (χ2n) is 9.21. The van der Waals surface area contributed by atoms with Crippen LogP contribution in [0.25, 0.3) is 0 Å². The lowest BCUT2D eigenvalue weighted by atomic mass is 9.92. The third-order valence-electron chi connectivity index (χ3n) is 6.95. The minimum absolute atomic E-state index is 0.165. The zero-order chi connectivity index (χ0) is 22.5. The van der Waals surface area contributed by atoms with E-state index in [0.29, 0.717) is 39.6 Å². The Morgan fingerprint density at radius 3 is 2.48 bits per heavy atom. The van der Waals surface area contributed by atoms with Crippen LogP contribution in [0.2, 0.25) is 10.0 Å². The van der Waals surface area contributed by atoms with E-state index in [1.165, 1.54) is 12.8 Å². The average molecular weight is 486 g/mol. The molecule has 3 aliphatic rings. The summed E-state index contributed by atoms with van der Waals surface area (Å²) in [5.74, 6) is 4.29. The van der Waals surface area contributed by atoms with Gasteiger partial charge in [-0.05, 0) is 49.8 Å². The van der Waals surface area contributed by atoms with Crippen molar-refractivity contribution < 1.29 is 4.74 Å². The second-order valence-corrected chi connectivity index (χ2v) is 10.1. The van der Waals surface area contributed by atoms with E-state index >= 15 is 0 Å². The van der Waals surface area contributed by atoms with Gasteiger partial charge in [-0.15, -0.1) is 5.10 Å². The lowest BCUT2D eigenvalue weighted by Gasteiger charge is -2.38. The first-order valence-corrected chi connectivity index (χ1v) is 12.1. The molecule has 4 heterocycles. The summed E-state index contributed by atoms with van der Waals surface area (Å²) in [5, 5.41) is 9.49. The third-order valence-corrected chi connectivity index (χ3v) is 7.39. The van der Waals surface area contributed by atoms with Crippen LogP contribution in [0.3, 0.4) is 0 Å². The maximum atomic E-state index is 6.16. The molecule has 1 N–H and O–H groups in total. The standard InChI is InChI=1S/C23H25Cl2N7O/c1-13-6-20(27-12-26-13)31-10-14-2-3-15(11-31)21(14)28-23-29-22-19(4-5-32(22)30-23)33-18-8-16(24)7-17(25)9-18/h6-9,12,14-15,19,21H,2-5,10-11H2,1H3,(H,28,30)/t14-,15+,19-,21-/m0/s1. The maximum Gasteiger partial charge on any atom is 0.242 e. The fraction of sp³-hybridized carbons (Fsp3) is 0.478. The molecule has 0 amide bonds. The van der Waals surface area contributed by atoms with Crippen LogP contribution in [-0.2, 0) is 6.54 Å². The number of halogens is 2. The first-order chi connectivity index (χ1) is 16.0.